The molecule has 0 radical (unpaired) electrons. The Morgan fingerprint density at radius 2 is 2.15 bits per heavy atom. The molecule has 0 aromatic carbocycles. The van der Waals surface area contributed by atoms with Gasteiger partial charge in [0, 0.05) is 5.92 Å². The van der Waals surface area contributed by atoms with Gasteiger partial charge in [-0.05, 0) is 50.0 Å². The maximum Gasteiger partial charge on any atom is 0.265 e. The van der Waals surface area contributed by atoms with Crippen molar-refractivity contribution < 1.29 is 24.0 Å². The van der Waals surface area contributed by atoms with Crippen LogP contribution in [0.15, 0.2) is 16.7 Å². The second-order valence-corrected chi connectivity index (χ2v) is 7.32. The number of fused-ring (bicyclic) bond motifs is 2. The maximum atomic E-state index is 13.2. The molecule has 1 fully saturated rings. The van der Waals surface area contributed by atoms with Gasteiger partial charge in [-0.3, -0.25) is 14.5 Å². The lowest BCUT2D eigenvalue weighted by Gasteiger charge is -2.44. The highest BCUT2D eigenvalue weighted by atomic mass is 16.5. The Morgan fingerprint density at radius 3 is 2.88 bits per heavy atom. The normalized spacial score (nSPS) is 31.2. The van der Waals surface area contributed by atoms with Crippen LogP contribution in [-0.2, 0) is 4.79 Å². The lowest BCUT2D eigenvalue weighted by Crippen LogP contribution is -2.60. The maximum absolute atomic E-state index is 13.2. The molecule has 3 atom stereocenters. The van der Waals surface area contributed by atoms with Gasteiger partial charge in [0.1, 0.15) is 5.56 Å². The molecule has 140 valence electrons. The first-order valence-electron chi connectivity index (χ1n) is 9.43. The number of aromatic nitrogens is 1. The van der Waals surface area contributed by atoms with Gasteiger partial charge in [-0.1, -0.05) is 19.4 Å². The van der Waals surface area contributed by atoms with E-state index < -0.39 is 23.1 Å². The zero-order valence-electron chi connectivity index (χ0n) is 14.9. The van der Waals surface area contributed by atoms with Crippen LogP contribution in [0.2, 0.25) is 0 Å². The van der Waals surface area contributed by atoms with Gasteiger partial charge in [0.2, 0.25) is 5.78 Å². The molecule has 1 aromatic heterocycles. The summed E-state index contributed by atoms with van der Waals surface area (Å²) < 4.78 is 11.2. The lowest BCUT2D eigenvalue weighted by atomic mass is 9.65. The third kappa shape index (κ3) is 2.45. The number of nitrogens with zero attached hydrogens (tertiary/aromatic N) is 2. The zero-order chi connectivity index (χ0) is 18.3. The summed E-state index contributed by atoms with van der Waals surface area (Å²) in [7, 11) is 0. The molecule has 7 heteroatoms. The topological polar surface area (TPSA) is 92.9 Å². The Kier molecular flexibility index (Phi) is 4.44. The fourth-order valence-corrected chi connectivity index (χ4v) is 4.36. The molecule has 1 saturated heterocycles. The standard InChI is InChI=1S/C19H24N2O5/c1-2-3-11-25-18-14-16(26-20-18)15(21-9-4-5-10-21)12-7-6-8-13(22)19(12,24)17(14)23/h6,8,12,15,24H,2-5,7,9-11H2,1H3/t12?,15-,19+/m0/s1. The largest absolute Gasteiger partial charge is 0.475 e. The summed E-state index contributed by atoms with van der Waals surface area (Å²) in [5.74, 6) is -1.24. The van der Waals surface area contributed by atoms with Crippen LogP contribution in [0.25, 0.3) is 0 Å². The van der Waals surface area contributed by atoms with E-state index in [1.54, 1.807) is 6.08 Å². The number of ketones is 2. The number of Topliss-reactive ketones (excluding diaryl/α,β-unsaturated/α-hetero) is 1. The molecule has 0 amide bonds. The van der Waals surface area contributed by atoms with Crippen molar-refractivity contribution in [2.24, 2.45) is 5.92 Å². The van der Waals surface area contributed by atoms with Crippen LogP contribution in [0.4, 0.5) is 0 Å². The van der Waals surface area contributed by atoms with Crippen LogP contribution in [0.5, 0.6) is 5.88 Å². The van der Waals surface area contributed by atoms with Crippen molar-refractivity contribution in [1.82, 2.24) is 10.1 Å². The average molecular weight is 360 g/mol. The van der Waals surface area contributed by atoms with Gasteiger partial charge in [-0.2, -0.15) is 0 Å². The molecule has 0 bridgehead atoms. The Morgan fingerprint density at radius 1 is 1.38 bits per heavy atom. The smallest absolute Gasteiger partial charge is 0.265 e. The van der Waals surface area contributed by atoms with E-state index in [0.717, 1.165) is 38.8 Å². The van der Waals surface area contributed by atoms with Crippen LogP contribution in [0, 0.1) is 5.92 Å². The summed E-state index contributed by atoms with van der Waals surface area (Å²) in [4.78, 5) is 27.9. The molecule has 0 spiro atoms. The molecule has 1 unspecified atom stereocenters. The Bertz CT molecular complexity index is 749. The van der Waals surface area contributed by atoms with Crippen LogP contribution < -0.4 is 4.74 Å². The third-order valence-corrected chi connectivity index (χ3v) is 5.75. The molecule has 1 aliphatic heterocycles. The average Bonchev–Trinajstić information content (AvgIpc) is 3.29. The van der Waals surface area contributed by atoms with Crippen molar-refractivity contribution in [3.63, 3.8) is 0 Å². The molecular weight excluding hydrogens is 336 g/mol. The van der Waals surface area contributed by atoms with Crippen molar-refractivity contribution >= 4 is 11.6 Å². The molecular formula is C19H24N2O5. The van der Waals surface area contributed by atoms with Gasteiger partial charge in [0.15, 0.2) is 17.1 Å². The molecule has 0 saturated carbocycles. The van der Waals surface area contributed by atoms with Gasteiger partial charge in [-0.15, -0.1) is 0 Å². The predicted octanol–water partition coefficient (Wildman–Crippen LogP) is 2.06. The van der Waals surface area contributed by atoms with Gasteiger partial charge >= 0.3 is 0 Å². The Balaban J connectivity index is 1.80. The fourth-order valence-electron chi connectivity index (χ4n) is 4.36. The lowest BCUT2D eigenvalue weighted by molar-refractivity contribution is -0.137. The highest BCUT2D eigenvalue weighted by Crippen LogP contribution is 2.50. The minimum absolute atomic E-state index is 0.0943. The number of hydrogen-bond donors (Lipinski definition) is 1. The molecule has 2 aliphatic carbocycles. The van der Waals surface area contributed by atoms with E-state index in [2.05, 4.69) is 10.1 Å². The summed E-state index contributed by atoms with van der Waals surface area (Å²) in [6.07, 6.45) is 7.34. The van der Waals surface area contributed by atoms with Crippen LogP contribution in [0.1, 0.15) is 61.2 Å². The van der Waals surface area contributed by atoms with Crippen LogP contribution in [0.3, 0.4) is 0 Å². The highest BCUT2D eigenvalue weighted by molar-refractivity contribution is 6.23. The quantitative estimate of drug-likeness (QED) is 0.634. The number of rotatable bonds is 5. The molecule has 2 heterocycles. The van der Waals surface area contributed by atoms with Crippen molar-refractivity contribution in [2.75, 3.05) is 19.7 Å². The SMILES string of the molecule is CCCCOc1noc2c1C(=O)[C@]1(O)C(=O)C=CCC1[C@@H]2N1CCCC1. The number of ether oxygens (including phenoxy) is 1. The third-order valence-electron chi connectivity index (χ3n) is 5.75. The first kappa shape index (κ1) is 17.4. The van der Waals surface area contributed by atoms with Gasteiger partial charge in [-0.25, -0.2) is 0 Å². The van der Waals surface area contributed by atoms with Gasteiger partial charge in [0.05, 0.1) is 12.6 Å². The highest BCUT2D eigenvalue weighted by Gasteiger charge is 2.61. The number of likely N-dealkylation sites (tertiary alicyclic amines) is 1. The molecule has 26 heavy (non-hydrogen) atoms. The predicted molar refractivity (Wildman–Crippen MR) is 92.0 cm³/mol. The monoisotopic (exact) mass is 360 g/mol. The minimum Gasteiger partial charge on any atom is -0.475 e. The second kappa shape index (κ2) is 6.63. The molecule has 1 aromatic rings. The first-order chi connectivity index (χ1) is 12.6. The second-order valence-electron chi connectivity index (χ2n) is 7.32. The van der Waals surface area contributed by atoms with Crippen molar-refractivity contribution in [1.29, 1.82) is 0 Å². The molecule has 4 rings (SSSR count). The van der Waals surface area contributed by atoms with Gasteiger partial charge in [0.25, 0.3) is 5.88 Å². The summed E-state index contributed by atoms with van der Waals surface area (Å²) in [5.41, 5.74) is -1.93. The Hall–Kier alpha value is -1.99. The van der Waals surface area contributed by atoms with Gasteiger partial charge < -0.3 is 14.4 Å². The molecule has 3 aliphatic rings. The molecule has 7 nitrogen and oxygen atoms in total. The summed E-state index contributed by atoms with van der Waals surface area (Å²) in [6.45, 7) is 4.13. The first-order valence-corrected chi connectivity index (χ1v) is 9.43. The van der Waals surface area contributed by atoms with Crippen LogP contribution in [-0.4, -0.2) is 52.0 Å². The van der Waals surface area contributed by atoms with E-state index in [1.165, 1.54) is 6.08 Å². The van der Waals surface area contributed by atoms with Crippen molar-refractivity contribution in [2.45, 2.75) is 50.7 Å². The summed E-state index contributed by atoms with van der Waals surface area (Å²) in [6, 6.07) is -0.347. The Labute approximate surface area is 152 Å². The van der Waals surface area contributed by atoms with Crippen molar-refractivity contribution in [3.8, 4) is 5.88 Å². The fraction of sp³-hybridized carbons (Fsp3) is 0.632. The van der Waals surface area contributed by atoms with Crippen LogP contribution >= 0.6 is 0 Å². The van der Waals surface area contributed by atoms with E-state index in [9.17, 15) is 14.7 Å². The van der Waals surface area contributed by atoms with E-state index in [-0.39, 0.29) is 17.5 Å². The van der Waals surface area contributed by atoms with E-state index in [0.29, 0.717) is 18.8 Å². The summed E-state index contributed by atoms with van der Waals surface area (Å²) in [5, 5.41) is 15.2. The van der Waals surface area contributed by atoms with E-state index in [1.807, 2.05) is 6.92 Å². The number of hydrogen-bond acceptors (Lipinski definition) is 7. The number of carbonyl (C=O) groups is 2. The summed E-state index contributed by atoms with van der Waals surface area (Å²) >= 11 is 0. The zero-order valence-corrected chi connectivity index (χ0v) is 14.9. The number of carbonyl (C=O) groups excluding carboxylic acids is 2. The number of allylic oxidation sites excluding steroid dienone is 1. The van der Waals surface area contributed by atoms with Crippen molar-refractivity contribution in [3.05, 3.63) is 23.5 Å². The number of aliphatic hydroxyl groups is 1. The van der Waals surface area contributed by atoms with E-state index in [4.69, 9.17) is 9.26 Å². The molecule has 1 N–H and O–H groups in total. The number of unbranched alkanes of at least 4 members (excludes halogenated alkanes) is 1. The van der Waals surface area contributed by atoms with E-state index >= 15 is 0 Å². The minimum atomic E-state index is -2.07.